The molecule has 0 saturated heterocycles. The molecule has 0 N–H and O–H groups in total. The highest BCUT2D eigenvalue weighted by Crippen LogP contribution is 2.44. The number of rotatable bonds is 4. The zero-order valence-corrected chi connectivity index (χ0v) is 13.1. The van der Waals surface area contributed by atoms with Gasteiger partial charge in [-0.05, 0) is 37.1 Å². The number of fused-ring (bicyclic) bond motifs is 5. The lowest BCUT2D eigenvalue weighted by Gasteiger charge is -2.13. The summed E-state index contributed by atoms with van der Waals surface area (Å²) in [4.78, 5) is 24.5. The van der Waals surface area contributed by atoms with Gasteiger partial charge in [-0.2, -0.15) is 0 Å². The number of esters is 2. The molecule has 120 valence electrons. The Labute approximate surface area is 134 Å². The number of carbonyl (C=O) groups is 2. The van der Waals surface area contributed by atoms with Gasteiger partial charge in [0.2, 0.25) is 0 Å². The van der Waals surface area contributed by atoms with E-state index < -0.39 is 11.9 Å². The minimum absolute atomic E-state index is 0.201. The van der Waals surface area contributed by atoms with Crippen LogP contribution in [0.3, 0.4) is 0 Å². The average molecular weight is 314 g/mol. The van der Waals surface area contributed by atoms with Crippen LogP contribution in [0.1, 0.15) is 37.2 Å². The zero-order valence-electron chi connectivity index (χ0n) is 13.1. The van der Waals surface area contributed by atoms with Crippen LogP contribution in [0.25, 0.3) is 0 Å². The molecule has 2 heterocycles. The molecule has 0 fully saturated rings. The third-order valence-corrected chi connectivity index (χ3v) is 3.82. The Morgan fingerprint density at radius 2 is 1.35 bits per heavy atom. The Bertz CT molecular complexity index is 642. The molecule has 5 heteroatoms. The smallest absolute Gasteiger partial charge is 0.338 e. The van der Waals surface area contributed by atoms with Crippen molar-refractivity contribution in [2.24, 2.45) is 0 Å². The van der Waals surface area contributed by atoms with Gasteiger partial charge >= 0.3 is 11.9 Å². The van der Waals surface area contributed by atoms with Crippen LogP contribution in [0.15, 0.2) is 47.6 Å². The van der Waals surface area contributed by atoms with E-state index in [1.54, 1.807) is 26.0 Å². The molecule has 0 aliphatic carbocycles. The van der Waals surface area contributed by atoms with E-state index in [-0.39, 0.29) is 36.6 Å². The van der Waals surface area contributed by atoms with Crippen LogP contribution in [-0.4, -0.2) is 25.2 Å². The quantitative estimate of drug-likeness (QED) is 0.800. The maximum Gasteiger partial charge on any atom is 0.338 e. The molecule has 0 saturated carbocycles. The lowest BCUT2D eigenvalue weighted by molar-refractivity contribution is -0.142. The largest absolute Gasteiger partial charge is 0.462 e. The van der Waals surface area contributed by atoms with E-state index in [1.165, 1.54) is 0 Å². The van der Waals surface area contributed by atoms with Crippen LogP contribution in [0.4, 0.5) is 0 Å². The molecule has 1 aromatic rings. The average Bonchev–Trinajstić information content (AvgIpc) is 2.75. The SMILES string of the molecule is CCOC(=O)C1=C[C@@H]2O[C@H](C=C1C(=O)OCC)c1ccccc12. The first-order chi connectivity index (χ1) is 11.2. The van der Waals surface area contributed by atoms with E-state index in [2.05, 4.69) is 0 Å². The second-order valence-electron chi connectivity index (χ2n) is 5.21. The molecule has 0 amide bonds. The van der Waals surface area contributed by atoms with Crippen LogP contribution in [0.5, 0.6) is 0 Å². The number of hydrogen-bond acceptors (Lipinski definition) is 5. The van der Waals surface area contributed by atoms with Gasteiger partial charge < -0.3 is 14.2 Å². The fourth-order valence-electron chi connectivity index (χ4n) is 2.85. The predicted molar refractivity (Wildman–Crippen MR) is 82.4 cm³/mol. The molecule has 0 unspecified atom stereocenters. The summed E-state index contributed by atoms with van der Waals surface area (Å²) in [5.74, 6) is -1.08. The Balaban J connectivity index is 2.07. The van der Waals surface area contributed by atoms with E-state index in [1.807, 2.05) is 24.3 Å². The fraction of sp³-hybridized carbons (Fsp3) is 0.333. The minimum Gasteiger partial charge on any atom is -0.462 e. The highest BCUT2D eigenvalue weighted by Gasteiger charge is 2.36. The summed E-state index contributed by atoms with van der Waals surface area (Å²) in [6.45, 7) is 3.91. The molecule has 3 rings (SSSR count). The third-order valence-electron chi connectivity index (χ3n) is 3.82. The summed E-state index contributed by atoms with van der Waals surface area (Å²) in [7, 11) is 0. The van der Waals surface area contributed by atoms with Crippen molar-refractivity contribution in [3.05, 3.63) is 58.7 Å². The summed E-state index contributed by atoms with van der Waals surface area (Å²) in [5, 5.41) is 0. The van der Waals surface area contributed by atoms with Crippen molar-refractivity contribution < 1.29 is 23.8 Å². The van der Waals surface area contributed by atoms with Crippen molar-refractivity contribution in [2.75, 3.05) is 13.2 Å². The molecule has 2 atom stereocenters. The van der Waals surface area contributed by atoms with Crippen molar-refractivity contribution >= 4 is 11.9 Å². The van der Waals surface area contributed by atoms with Crippen molar-refractivity contribution in [3.8, 4) is 0 Å². The highest BCUT2D eigenvalue weighted by atomic mass is 16.5. The lowest BCUT2D eigenvalue weighted by atomic mass is 9.93. The van der Waals surface area contributed by atoms with Gasteiger partial charge in [0.15, 0.2) is 0 Å². The Hall–Kier alpha value is -2.40. The fourth-order valence-corrected chi connectivity index (χ4v) is 2.85. The number of benzene rings is 1. The van der Waals surface area contributed by atoms with Gasteiger partial charge in [0.25, 0.3) is 0 Å². The molecule has 1 aromatic carbocycles. The van der Waals surface area contributed by atoms with Crippen molar-refractivity contribution in [1.29, 1.82) is 0 Å². The standard InChI is InChI=1S/C18H18O5/c1-3-21-17(19)13-9-15-11-7-5-6-8-12(11)16(23-15)10-14(13)18(20)22-4-2/h5-10,15-16H,3-4H2,1-2H3/t15-,16+. The van der Waals surface area contributed by atoms with E-state index in [0.29, 0.717) is 0 Å². The van der Waals surface area contributed by atoms with Crippen LogP contribution in [0, 0.1) is 0 Å². The topological polar surface area (TPSA) is 61.8 Å². The number of carbonyl (C=O) groups excluding carboxylic acids is 2. The molecule has 2 aliphatic rings. The molecule has 2 bridgehead atoms. The van der Waals surface area contributed by atoms with Crippen molar-refractivity contribution in [3.63, 3.8) is 0 Å². The van der Waals surface area contributed by atoms with Gasteiger partial charge in [0.1, 0.15) is 12.2 Å². The minimum atomic E-state index is -0.541. The normalized spacial score (nSPS) is 21.7. The van der Waals surface area contributed by atoms with Crippen LogP contribution in [-0.2, 0) is 23.8 Å². The van der Waals surface area contributed by atoms with E-state index in [0.717, 1.165) is 11.1 Å². The molecule has 2 aliphatic heterocycles. The van der Waals surface area contributed by atoms with Gasteiger partial charge in [-0.15, -0.1) is 0 Å². The van der Waals surface area contributed by atoms with E-state index in [4.69, 9.17) is 14.2 Å². The van der Waals surface area contributed by atoms with Gasteiger partial charge in [-0.25, -0.2) is 9.59 Å². The highest BCUT2D eigenvalue weighted by molar-refractivity contribution is 6.07. The van der Waals surface area contributed by atoms with Gasteiger partial charge in [0, 0.05) is 0 Å². The summed E-state index contributed by atoms with van der Waals surface area (Å²) >= 11 is 0. The second kappa shape index (κ2) is 6.38. The van der Waals surface area contributed by atoms with E-state index >= 15 is 0 Å². The predicted octanol–water partition coefficient (Wildman–Crippen LogP) is 2.79. The summed E-state index contributed by atoms with van der Waals surface area (Å²) in [6.07, 6.45) is 2.54. The van der Waals surface area contributed by atoms with Crippen LogP contribution in [0.2, 0.25) is 0 Å². The Kier molecular flexibility index (Phi) is 4.30. The van der Waals surface area contributed by atoms with Crippen LogP contribution < -0.4 is 0 Å². The monoisotopic (exact) mass is 314 g/mol. The van der Waals surface area contributed by atoms with Crippen molar-refractivity contribution in [2.45, 2.75) is 26.1 Å². The maximum absolute atomic E-state index is 12.3. The van der Waals surface area contributed by atoms with Crippen LogP contribution >= 0.6 is 0 Å². The third kappa shape index (κ3) is 2.80. The van der Waals surface area contributed by atoms with Crippen molar-refractivity contribution in [1.82, 2.24) is 0 Å². The Morgan fingerprint density at radius 1 is 0.913 bits per heavy atom. The molecular weight excluding hydrogens is 296 g/mol. The molecule has 0 radical (unpaired) electrons. The molecular formula is C18H18O5. The molecule has 0 spiro atoms. The molecule has 0 aromatic heterocycles. The van der Waals surface area contributed by atoms with E-state index in [9.17, 15) is 9.59 Å². The molecule has 5 nitrogen and oxygen atoms in total. The Morgan fingerprint density at radius 3 is 1.74 bits per heavy atom. The first-order valence-electron chi connectivity index (χ1n) is 7.68. The first-order valence-corrected chi connectivity index (χ1v) is 7.68. The van der Waals surface area contributed by atoms with Gasteiger partial charge in [-0.3, -0.25) is 0 Å². The maximum atomic E-state index is 12.3. The summed E-state index contributed by atoms with van der Waals surface area (Å²) in [5.41, 5.74) is 2.40. The summed E-state index contributed by atoms with van der Waals surface area (Å²) < 4.78 is 16.1. The summed E-state index contributed by atoms with van der Waals surface area (Å²) in [6, 6.07) is 7.77. The number of ether oxygens (including phenoxy) is 3. The number of hydrogen-bond donors (Lipinski definition) is 0. The first kappa shape index (κ1) is 15.5. The zero-order chi connectivity index (χ0) is 16.4. The second-order valence-corrected chi connectivity index (χ2v) is 5.21. The lowest BCUT2D eigenvalue weighted by Crippen LogP contribution is -2.18. The molecule has 23 heavy (non-hydrogen) atoms. The van der Waals surface area contributed by atoms with Gasteiger partial charge in [-0.1, -0.05) is 24.3 Å². The van der Waals surface area contributed by atoms with Gasteiger partial charge in [0.05, 0.1) is 24.4 Å².